The van der Waals surface area contributed by atoms with E-state index in [4.69, 9.17) is 4.74 Å². The minimum Gasteiger partial charge on any atom is -0.497 e. The van der Waals surface area contributed by atoms with Crippen molar-refractivity contribution in [2.75, 3.05) is 7.11 Å². The van der Waals surface area contributed by atoms with Crippen molar-refractivity contribution in [3.63, 3.8) is 0 Å². The van der Waals surface area contributed by atoms with Crippen molar-refractivity contribution >= 4 is 6.08 Å². The van der Waals surface area contributed by atoms with Crippen LogP contribution in [0.4, 0.5) is 0 Å². The second kappa shape index (κ2) is 3.25. The van der Waals surface area contributed by atoms with Gasteiger partial charge in [0.1, 0.15) is 5.75 Å². The molecule has 2 rings (SSSR count). The predicted octanol–water partition coefficient (Wildman–Crippen LogP) is 3.22. The zero-order valence-corrected chi connectivity index (χ0v) is 7.92. The molecule has 0 aromatic heterocycles. The fourth-order valence-corrected chi connectivity index (χ4v) is 1.53. The zero-order chi connectivity index (χ0) is 9.26. The highest BCUT2D eigenvalue weighted by Crippen LogP contribution is 2.41. The van der Waals surface area contributed by atoms with Gasteiger partial charge < -0.3 is 4.74 Å². The summed E-state index contributed by atoms with van der Waals surface area (Å²) in [5.41, 5.74) is 2.55. The molecule has 1 nitrogen and oxygen atoms in total. The molecule has 13 heavy (non-hydrogen) atoms. The Morgan fingerprint density at radius 2 is 2.15 bits per heavy atom. The van der Waals surface area contributed by atoms with E-state index in [-0.39, 0.29) is 0 Å². The molecule has 1 saturated carbocycles. The number of hydrogen-bond acceptors (Lipinski definition) is 1. The summed E-state index contributed by atoms with van der Waals surface area (Å²) in [7, 11) is 1.71. The average Bonchev–Trinajstić information content (AvgIpc) is 3.00. The van der Waals surface area contributed by atoms with Crippen LogP contribution in [0.1, 0.15) is 29.9 Å². The van der Waals surface area contributed by atoms with Gasteiger partial charge in [-0.1, -0.05) is 18.7 Å². The van der Waals surface area contributed by atoms with E-state index in [0.29, 0.717) is 0 Å². The molecule has 1 aliphatic rings. The fourth-order valence-electron chi connectivity index (χ4n) is 1.53. The molecule has 0 heterocycles. The Morgan fingerprint density at radius 1 is 1.38 bits per heavy atom. The molecular formula is C12H14O. The Morgan fingerprint density at radius 3 is 2.69 bits per heavy atom. The lowest BCUT2D eigenvalue weighted by Crippen LogP contribution is -1.87. The van der Waals surface area contributed by atoms with Crippen LogP contribution >= 0.6 is 0 Å². The van der Waals surface area contributed by atoms with E-state index in [2.05, 4.69) is 18.7 Å². The minimum absolute atomic E-state index is 0.772. The molecule has 1 fully saturated rings. The van der Waals surface area contributed by atoms with Gasteiger partial charge in [-0.25, -0.2) is 0 Å². The van der Waals surface area contributed by atoms with Gasteiger partial charge in [-0.2, -0.15) is 0 Å². The summed E-state index contributed by atoms with van der Waals surface area (Å²) in [6, 6.07) is 6.34. The van der Waals surface area contributed by atoms with E-state index in [1.54, 1.807) is 7.11 Å². The molecule has 0 atom stereocenters. The molecule has 0 amide bonds. The van der Waals surface area contributed by atoms with Gasteiger partial charge in [0, 0.05) is 0 Å². The van der Waals surface area contributed by atoms with Gasteiger partial charge in [-0.15, -0.1) is 0 Å². The van der Waals surface area contributed by atoms with Gasteiger partial charge in [0.15, 0.2) is 0 Å². The quantitative estimate of drug-likeness (QED) is 0.683. The number of methoxy groups -OCH3 is 1. The van der Waals surface area contributed by atoms with E-state index in [1.165, 1.54) is 18.4 Å². The minimum atomic E-state index is 0.772. The highest BCUT2D eigenvalue weighted by Gasteiger charge is 2.23. The van der Waals surface area contributed by atoms with Crippen molar-refractivity contribution in [3.8, 4) is 5.75 Å². The van der Waals surface area contributed by atoms with E-state index in [0.717, 1.165) is 17.2 Å². The molecule has 68 valence electrons. The fraction of sp³-hybridized carbons (Fsp3) is 0.333. The number of rotatable bonds is 3. The maximum absolute atomic E-state index is 5.23. The Labute approximate surface area is 79.0 Å². The van der Waals surface area contributed by atoms with Crippen molar-refractivity contribution < 1.29 is 4.74 Å². The van der Waals surface area contributed by atoms with Gasteiger partial charge >= 0.3 is 0 Å². The van der Waals surface area contributed by atoms with Crippen molar-refractivity contribution in [1.29, 1.82) is 0 Å². The Hall–Kier alpha value is -1.24. The van der Waals surface area contributed by atoms with Crippen LogP contribution in [0, 0.1) is 0 Å². The lowest BCUT2D eigenvalue weighted by atomic mass is 10.1. The SMILES string of the molecule is C=Cc1cc(OC)cc(C2CC2)c1. The van der Waals surface area contributed by atoms with Gasteiger partial charge in [0.2, 0.25) is 0 Å². The molecule has 0 bridgehead atoms. The molecule has 0 saturated heterocycles. The van der Waals surface area contributed by atoms with Gasteiger partial charge in [-0.3, -0.25) is 0 Å². The molecule has 1 aromatic carbocycles. The lowest BCUT2D eigenvalue weighted by Gasteiger charge is -2.05. The Balaban J connectivity index is 2.38. The molecular weight excluding hydrogens is 160 g/mol. The van der Waals surface area contributed by atoms with E-state index < -0.39 is 0 Å². The predicted molar refractivity (Wildman–Crippen MR) is 55.1 cm³/mol. The highest BCUT2D eigenvalue weighted by molar-refractivity contribution is 5.52. The van der Waals surface area contributed by atoms with Crippen LogP contribution in [-0.4, -0.2) is 7.11 Å². The van der Waals surface area contributed by atoms with Crippen LogP contribution in [-0.2, 0) is 0 Å². The van der Waals surface area contributed by atoms with Gasteiger partial charge in [0.05, 0.1) is 7.11 Å². The third-order valence-electron chi connectivity index (χ3n) is 2.47. The van der Waals surface area contributed by atoms with Crippen LogP contribution in [0.5, 0.6) is 5.75 Å². The average molecular weight is 174 g/mol. The second-order valence-corrected chi connectivity index (χ2v) is 3.52. The largest absolute Gasteiger partial charge is 0.497 e. The highest BCUT2D eigenvalue weighted by atomic mass is 16.5. The molecule has 0 radical (unpaired) electrons. The summed E-state index contributed by atoms with van der Waals surface area (Å²) in [5, 5.41) is 0. The van der Waals surface area contributed by atoms with Crippen LogP contribution in [0.3, 0.4) is 0 Å². The standard InChI is InChI=1S/C12H14O/c1-3-9-6-11(10-4-5-10)8-12(7-9)13-2/h3,6-8,10H,1,4-5H2,2H3. The van der Waals surface area contributed by atoms with E-state index >= 15 is 0 Å². The number of ether oxygens (including phenoxy) is 1. The lowest BCUT2D eigenvalue weighted by molar-refractivity contribution is 0.414. The Bertz CT molecular complexity index is 324. The molecule has 0 unspecified atom stereocenters. The van der Waals surface area contributed by atoms with Crippen molar-refractivity contribution in [1.82, 2.24) is 0 Å². The molecule has 0 spiro atoms. The third kappa shape index (κ3) is 1.74. The number of benzene rings is 1. The van der Waals surface area contributed by atoms with E-state index in [1.807, 2.05) is 12.1 Å². The zero-order valence-electron chi connectivity index (χ0n) is 7.92. The summed E-state index contributed by atoms with van der Waals surface area (Å²) in [5.74, 6) is 1.72. The van der Waals surface area contributed by atoms with Crippen molar-refractivity contribution in [2.45, 2.75) is 18.8 Å². The summed E-state index contributed by atoms with van der Waals surface area (Å²) in [6.45, 7) is 3.77. The molecule has 1 heteroatoms. The molecule has 1 aromatic rings. The van der Waals surface area contributed by atoms with Crippen LogP contribution in [0.15, 0.2) is 24.8 Å². The molecule has 0 N–H and O–H groups in total. The first kappa shape index (κ1) is 8.36. The molecule has 0 aliphatic heterocycles. The van der Waals surface area contributed by atoms with E-state index in [9.17, 15) is 0 Å². The first-order valence-electron chi connectivity index (χ1n) is 4.65. The van der Waals surface area contributed by atoms with Crippen molar-refractivity contribution in [3.05, 3.63) is 35.9 Å². The summed E-state index contributed by atoms with van der Waals surface area (Å²) in [4.78, 5) is 0. The summed E-state index contributed by atoms with van der Waals surface area (Å²) < 4.78 is 5.23. The monoisotopic (exact) mass is 174 g/mol. The maximum Gasteiger partial charge on any atom is 0.119 e. The summed E-state index contributed by atoms with van der Waals surface area (Å²) >= 11 is 0. The first-order chi connectivity index (χ1) is 6.33. The maximum atomic E-state index is 5.23. The Kier molecular flexibility index (Phi) is 2.09. The number of hydrogen-bond donors (Lipinski definition) is 0. The van der Waals surface area contributed by atoms with Crippen LogP contribution in [0.25, 0.3) is 6.08 Å². The first-order valence-corrected chi connectivity index (χ1v) is 4.65. The summed E-state index contributed by atoms with van der Waals surface area (Å²) in [6.07, 6.45) is 4.52. The second-order valence-electron chi connectivity index (χ2n) is 3.52. The smallest absolute Gasteiger partial charge is 0.119 e. The topological polar surface area (TPSA) is 9.23 Å². The molecule has 1 aliphatic carbocycles. The van der Waals surface area contributed by atoms with Crippen LogP contribution in [0.2, 0.25) is 0 Å². The normalized spacial score (nSPS) is 15.5. The third-order valence-corrected chi connectivity index (χ3v) is 2.47. The van der Waals surface area contributed by atoms with Crippen LogP contribution < -0.4 is 4.74 Å². The van der Waals surface area contributed by atoms with Gasteiger partial charge in [-0.05, 0) is 42.0 Å². The van der Waals surface area contributed by atoms with Gasteiger partial charge in [0.25, 0.3) is 0 Å². The van der Waals surface area contributed by atoms with Crippen molar-refractivity contribution in [2.24, 2.45) is 0 Å².